The maximum Gasteiger partial charge on any atom is 0.175 e. The number of hydrogen-bond acceptors (Lipinski definition) is 3. The zero-order valence-corrected chi connectivity index (χ0v) is 12.4. The molecule has 3 nitrogen and oxygen atoms in total. The molecule has 0 heterocycles. The van der Waals surface area contributed by atoms with Crippen molar-refractivity contribution in [1.29, 1.82) is 0 Å². The Hall–Kier alpha value is -0.740. The Morgan fingerprint density at radius 3 is 2.39 bits per heavy atom. The van der Waals surface area contributed by atoms with Crippen LogP contribution in [0.5, 0.6) is 0 Å². The van der Waals surface area contributed by atoms with Crippen LogP contribution >= 0.6 is 11.6 Å². The molecule has 0 radical (unpaired) electrons. The van der Waals surface area contributed by atoms with Crippen LogP contribution in [-0.4, -0.2) is 27.1 Å². The van der Waals surface area contributed by atoms with Crippen LogP contribution in [0.3, 0.4) is 0 Å². The van der Waals surface area contributed by atoms with Crippen LogP contribution in [0.4, 0.5) is 5.69 Å². The highest BCUT2D eigenvalue weighted by atomic mass is 35.5. The second-order valence-electron chi connectivity index (χ2n) is 4.63. The molecule has 102 valence electrons. The van der Waals surface area contributed by atoms with Crippen LogP contribution in [0.25, 0.3) is 0 Å². The summed E-state index contributed by atoms with van der Waals surface area (Å²) in [7, 11) is -3.10. The van der Waals surface area contributed by atoms with Gasteiger partial charge in [0.2, 0.25) is 0 Å². The standard InChI is InChI=1S/C13H20ClNO2S/c1-11(10-14)4-3-9-15-12-5-7-13(8-6-12)18(2,16)17/h5-8,11,15H,3-4,9-10H2,1-2H3. The highest BCUT2D eigenvalue weighted by Gasteiger charge is 2.05. The second-order valence-corrected chi connectivity index (χ2v) is 6.95. The summed E-state index contributed by atoms with van der Waals surface area (Å²) in [6.45, 7) is 3.01. The van der Waals surface area contributed by atoms with Gasteiger partial charge in [-0.25, -0.2) is 8.42 Å². The van der Waals surface area contributed by atoms with E-state index in [2.05, 4.69) is 12.2 Å². The fourth-order valence-electron chi connectivity index (χ4n) is 1.58. The first-order chi connectivity index (χ1) is 8.43. The third-order valence-electron chi connectivity index (χ3n) is 2.75. The molecule has 0 aromatic heterocycles. The van der Waals surface area contributed by atoms with E-state index in [-0.39, 0.29) is 0 Å². The molecule has 0 saturated heterocycles. The van der Waals surface area contributed by atoms with Crippen LogP contribution in [0.2, 0.25) is 0 Å². The minimum absolute atomic E-state index is 0.351. The lowest BCUT2D eigenvalue weighted by Gasteiger charge is -2.09. The molecular formula is C13H20ClNO2S. The van der Waals surface area contributed by atoms with E-state index >= 15 is 0 Å². The Bertz CT molecular complexity index is 456. The van der Waals surface area contributed by atoms with Crippen LogP contribution in [-0.2, 0) is 9.84 Å². The smallest absolute Gasteiger partial charge is 0.175 e. The summed E-state index contributed by atoms with van der Waals surface area (Å²) < 4.78 is 22.6. The van der Waals surface area contributed by atoms with E-state index in [0.29, 0.717) is 16.7 Å². The predicted octanol–water partition coefficient (Wildman–Crippen LogP) is 3.16. The van der Waals surface area contributed by atoms with Gasteiger partial charge in [0, 0.05) is 24.4 Å². The van der Waals surface area contributed by atoms with Crippen molar-refractivity contribution in [3.8, 4) is 0 Å². The summed E-state index contributed by atoms with van der Waals surface area (Å²) in [5.74, 6) is 1.24. The van der Waals surface area contributed by atoms with Gasteiger partial charge in [0.1, 0.15) is 0 Å². The summed E-state index contributed by atoms with van der Waals surface area (Å²) in [4.78, 5) is 0.351. The van der Waals surface area contributed by atoms with Crippen molar-refractivity contribution in [3.63, 3.8) is 0 Å². The van der Waals surface area contributed by atoms with E-state index in [0.717, 1.165) is 25.1 Å². The molecule has 0 fully saturated rings. The largest absolute Gasteiger partial charge is 0.385 e. The van der Waals surface area contributed by atoms with Gasteiger partial charge in [-0.05, 0) is 43.0 Å². The highest BCUT2D eigenvalue weighted by molar-refractivity contribution is 7.90. The molecule has 1 atom stereocenters. The summed E-state index contributed by atoms with van der Waals surface area (Å²) in [5.41, 5.74) is 0.945. The van der Waals surface area contributed by atoms with Gasteiger partial charge in [0.15, 0.2) is 9.84 Å². The number of hydrogen-bond donors (Lipinski definition) is 1. The van der Waals surface area contributed by atoms with Gasteiger partial charge in [-0.2, -0.15) is 0 Å². The fourth-order valence-corrected chi connectivity index (χ4v) is 2.37. The Kier molecular flexibility index (Phi) is 5.96. The van der Waals surface area contributed by atoms with Gasteiger partial charge in [0.25, 0.3) is 0 Å². The molecule has 5 heteroatoms. The Morgan fingerprint density at radius 1 is 1.28 bits per heavy atom. The molecule has 1 unspecified atom stereocenters. The molecule has 0 aliphatic carbocycles. The van der Waals surface area contributed by atoms with E-state index in [4.69, 9.17) is 11.6 Å². The van der Waals surface area contributed by atoms with Crippen LogP contribution < -0.4 is 5.32 Å². The van der Waals surface area contributed by atoms with E-state index in [1.54, 1.807) is 24.3 Å². The fraction of sp³-hybridized carbons (Fsp3) is 0.538. The molecule has 1 rings (SSSR count). The van der Waals surface area contributed by atoms with E-state index in [1.165, 1.54) is 6.26 Å². The summed E-state index contributed by atoms with van der Waals surface area (Å²) in [6.07, 6.45) is 3.36. The third kappa shape index (κ3) is 5.27. The number of halogens is 1. The molecular weight excluding hydrogens is 270 g/mol. The average molecular weight is 290 g/mol. The van der Waals surface area contributed by atoms with E-state index in [1.807, 2.05) is 0 Å². The highest BCUT2D eigenvalue weighted by Crippen LogP contribution is 2.14. The first kappa shape index (κ1) is 15.3. The van der Waals surface area contributed by atoms with Crippen molar-refractivity contribution in [1.82, 2.24) is 0 Å². The molecule has 1 aromatic rings. The molecule has 0 bridgehead atoms. The molecule has 0 amide bonds. The Balaban J connectivity index is 2.40. The van der Waals surface area contributed by atoms with E-state index in [9.17, 15) is 8.42 Å². The molecule has 1 N–H and O–H groups in total. The first-order valence-corrected chi connectivity index (χ1v) is 8.46. The lowest BCUT2D eigenvalue weighted by atomic mass is 10.1. The van der Waals surface area contributed by atoms with E-state index < -0.39 is 9.84 Å². The maximum absolute atomic E-state index is 11.3. The van der Waals surface area contributed by atoms with Crippen molar-refractivity contribution in [2.24, 2.45) is 5.92 Å². The van der Waals surface area contributed by atoms with Crippen molar-refractivity contribution >= 4 is 27.1 Å². The van der Waals surface area contributed by atoms with Gasteiger partial charge in [0.05, 0.1) is 4.90 Å². The van der Waals surface area contributed by atoms with Gasteiger partial charge in [-0.15, -0.1) is 11.6 Å². The van der Waals surface area contributed by atoms with Gasteiger partial charge in [-0.3, -0.25) is 0 Å². The minimum atomic E-state index is -3.10. The topological polar surface area (TPSA) is 46.2 Å². The van der Waals surface area contributed by atoms with Crippen LogP contribution in [0, 0.1) is 5.92 Å². The van der Waals surface area contributed by atoms with Crippen molar-refractivity contribution in [2.45, 2.75) is 24.7 Å². The summed E-state index contributed by atoms with van der Waals surface area (Å²) in [6, 6.07) is 6.83. The van der Waals surface area contributed by atoms with Crippen molar-refractivity contribution in [2.75, 3.05) is 24.0 Å². The minimum Gasteiger partial charge on any atom is -0.385 e. The Labute approximate surface area is 114 Å². The number of nitrogens with one attached hydrogen (secondary N) is 1. The van der Waals surface area contributed by atoms with Crippen LogP contribution in [0.15, 0.2) is 29.2 Å². The first-order valence-electron chi connectivity index (χ1n) is 6.03. The molecule has 0 aliphatic rings. The predicted molar refractivity (Wildman–Crippen MR) is 77.2 cm³/mol. The molecule has 1 aromatic carbocycles. The zero-order chi connectivity index (χ0) is 13.6. The Morgan fingerprint density at radius 2 is 1.89 bits per heavy atom. The maximum atomic E-state index is 11.3. The molecule has 0 aliphatic heterocycles. The normalized spacial score (nSPS) is 13.3. The van der Waals surface area contributed by atoms with Gasteiger partial charge >= 0.3 is 0 Å². The zero-order valence-electron chi connectivity index (χ0n) is 10.8. The quantitative estimate of drug-likeness (QED) is 0.619. The molecule has 18 heavy (non-hydrogen) atoms. The van der Waals surface area contributed by atoms with Gasteiger partial charge < -0.3 is 5.32 Å². The number of alkyl halides is 1. The second kappa shape index (κ2) is 7.00. The van der Waals surface area contributed by atoms with Crippen molar-refractivity contribution < 1.29 is 8.42 Å². The average Bonchev–Trinajstić information content (AvgIpc) is 2.33. The SMILES string of the molecule is CC(CCl)CCCNc1ccc(S(C)(=O)=O)cc1. The monoisotopic (exact) mass is 289 g/mol. The number of anilines is 1. The summed E-state index contributed by atoms with van der Waals surface area (Å²) in [5, 5.41) is 3.26. The van der Waals surface area contributed by atoms with Crippen molar-refractivity contribution in [3.05, 3.63) is 24.3 Å². The van der Waals surface area contributed by atoms with Gasteiger partial charge in [-0.1, -0.05) is 6.92 Å². The lowest BCUT2D eigenvalue weighted by molar-refractivity contribution is 0.572. The molecule has 0 saturated carbocycles. The number of benzene rings is 1. The number of rotatable bonds is 7. The van der Waals surface area contributed by atoms with Crippen LogP contribution in [0.1, 0.15) is 19.8 Å². The number of sulfone groups is 1. The summed E-state index contributed by atoms with van der Waals surface area (Å²) >= 11 is 5.73. The molecule has 0 spiro atoms. The lowest BCUT2D eigenvalue weighted by Crippen LogP contribution is -2.05. The third-order valence-corrected chi connectivity index (χ3v) is 4.40.